The quantitative estimate of drug-likeness (QED) is 0.753. The number of rotatable bonds is 0. The van der Waals surface area contributed by atoms with Gasteiger partial charge in [0.15, 0.2) is 0 Å². The average Bonchev–Trinajstić information content (AvgIpc) is 2.60. The third kappa shape index (κ3) is 0.945. The van der Waals surface area contributed by atoms with Gasteiger partial charge in [0.05, 0.1) is 10.7 Å². The maximum Gasteiger partial charge on any atom is 0.227 e. The molecule has 2 heterocycles. The van der Waals surface area contributed by atoms with E-state index in [9.17, 15) is 4.79 Å². The summed E-state index contributed by atoms with van der Waals surface area (Å²) in [6.07, 6.45) is 3.53. The lowest BCUT2D eigenvalue weighted by Gasteiger charge is -2.13. The van der Waals surface area contributed by atoms with E-state index in [1.165, 1.54) is 0 Å². The number of pyridine rings is 1. The molecular weight excluding hydrogens is 226 g/mol. The number of aromatic nitrogens is 2. The number of aryl methyl sites for hydroxylation is 1. The molecule has 16 heavy (non-hydrogen) atoms. The van der Waals surface area contributed by atoms with Crippen LogP contribution >= 0.6 is 11.6 Å². The number of hydrogen-bond donors (Lipinski definition) is 1. The van der Waals surface area contributed by atoms with Gasteiger partial charge in [0.25, 0.3) is 0 Å². The number of carbonyl (C=O) groups is 1. The number of carbonyl (C=O) groups excluding carboxylic acids is 1. The minimum atomic E-state index is -0.233. The molecule has 0 saturated carbocycles. The Morgan fingerprint density at radius 3 is 3.00 bits per heavy atom. The van der Waals surface area contributed by atoms with Crippen molar-refractivity contribution in [2.75, 3.05) is 0 Å². The molecule has 0 saturated heterocycles. The van der Waals surface area contributed by atoms with Gasteiger partial charge in [-0.1, -0.05) is 11.6 Å². The summed E-state index contributed by atoms with van der Waals surface area (Å²) in [7, 11) is 1.81. The van der Waals surface area contributed by atoms with Crippen molar-refractivity contribution in [1.29, 1.82) is 0 Å². The molecule has 2 aromatic rings. The van der Waals surface area contributed by atoms with Gasteiger partial charge >= 0.3 is 0 Å². The number of nitrogens with zero attached hydrogens (tertiary/aromatic N) is 2. The van der Waals surface area contributed by atoms with Gasteiger partial charge in [0.2, 0.25) is 5.78 Å². The molecule has 2 N–H and O–H groups in total. The first-order valence-corrected chi connectivity index (χ1v) is 5.13. The Hall–Kier alpha value is -1.81. The molecule has 0 bridgehead atoms. The summed E-state index contributed by atoms with van der Waals surface area (Å²) in [6.45, 7) is 0. The summed E-state index contributed by atoms with van der Waals surface area (Å²) < 4.78 is 1.76. The monoisotopic (exact) mass is 233 g/mol. The maximum atomic E-state index is 12.0. The van der Waals surface area contributed by atoms with Crippen LogP contribution in [0, 0.1) is 0 Å². The second kappa shape index (κ2) is 2.86. The predicted molar refractivity (Wildman–Crippen MR) is 62.0 cm³/mol. The van der Waals surface area contributed by atoms with E-state index in [1.807, 2.05) is 19.3 Å². The van der Waals surface area contributed by atoms with Crippen LogP contribution < -0.4 is 5.73 Å². The van der Waals surface area contributed by atoms with Crippen molar-refractivity contribution in [3.63, 3.8) is 0 Å². The lowest BCUT2D eigenvalue weighted by atomic mass is 10.0. The Labute approximate surface area is 96.3 Å². The molecule has 0 aromatic carbocycles. The first-order valence-electron chi connectivity index (χ1n) is 4.75. The standard InChI is InChI=1S/C11H8ClN3O/c1-15-4-5-2-3-14-9-6(5)10(15)11(16)8(13)7(9)12/h2-4H,13H2,1H3. The zero-order valence-corrected chi connectivity index (χ0v) is 9.25. The van der Waals surface area contributed by atoms with E-state index in [4.69, 9.17) is 17.3 Å². The van der Waals surface area contributed by atoms with E-state index in [1.54, 1.807) is 10.8 Å². The number of ketones is 1. The molecular formula is C11H8ClN3O. The highest BCUT2D eigenvalue weighted by atomic mass is 35.5. The van der Waals surface area contributed by atoms with Gasteiger partial charge in [0, 0.05) is 30.2 Å². The topological polar surface area (TPSA) is 60.9 Å². The Kier molecular flexibility index (Phi) is 1.68. The van der Waals surface area contributed by atoms with Crippen LogP contribution in [0.5, 0.6) is 0 Å². The molecule has 0 amide bonds. The van der Waals surface area contributed by atoms with Crippen LogP contribution in [-0.2, 0) is 7.05 Å². The number of allylic oxidation sites excluding steroid dienone is 1. The number of Topliss-reactive ketones (excluding diaryl/α,β-unsaturated/α-hetero) is 1. The molecule has 0 spiro atoms. The highest BCUT2D eigenvalue weighted by Crippen LogP contribution is 2.35. The van der Waals surface area contributed by atoms with Crippen LogP contribution in [0.1, 0.15) is 16.2 Å². The van der Waals surface area contributed by atoms with Gasteiger partial charge in [0.1, 0.15) is 11.4 Å². The predicted octanol–water partition coefficient (Wildman–Crippen LogP) is 1.64. The lowest BCUT2D eigenvalue weighted by molar-refractivity contribution is 0.102. The minimum absolute atomic E-state index is 0.0657. The van der Waals surface area contributed by atoms with Crippen molar-refractivity contribution in [3.8, 4) is 0 Å². The van der Waals surface area contributed by atoms with Crippen LogP contribution in [0.25, 0.3) is 15.8 Å². The van der Waals surface area contributed by atoms with E-state index in [-0.39, 0.29) is 16.5 Å². The lowest BCUT2D eigenvalue weighted by Crippen LogP contribution is -2.19. The Balaban J connectivity index is 2.58. The zero-order valence-electron chi connectivity index (χ0n) is 8.49. The minimum Gasteiger partial charge on any atom is -0.394 e. The van der Waals surface area contributed by atoms with Crippen LogP contribution in [0.3, 0.4) is 0 Å². The van der Waals surface area contributed by atoms with E-state index in [2.05, 4.69) is 4.98 Å². The van der Waals surface area contributed by atoms with Crippen molar-refractivity contribution in [3.05, 3.63) is 35.5 Å². The number of hydrogen-bond acceptors (Lipinski definition) is 3. The van der Waals surface area contributed by atoms with Crippen molar-refractivity contribution in [1.82, 2.24) is 9.55 Å². The fourth-order valence-electron chi connectivity index (χ4n) is 2.08. The van der Waals surface area contributed by atoms with Crippen LogP contribution in [0.4, 0.5) is 0 Å². The van der Waals surface area contributed by atoms with Gasteiger partial charge in [-0.25, -0.2) is 0 Å². The summed E-state index contributed by atoms with van der Waals surface area (Å²) in [5, 5.41) is 1.98. The SMILES string of the molecule is Cn1cc2ccnc3c2c1C(=O)C(N)=C3Cl. The zero-order chi connectivity index (χ0) is 11.4. The molecule has 0 atom stereocenters. The molecule has 1 aliphatic rings. The highest BCUT2D eigenvalue weighted by Gasteiger charge is 2.28. The molecule has 1 aliphatic carbocycles. The highest BCUT2D eigenvalue weighted by molar-refractivity contribution is 6.53. The summed E-state index contributed by atoms with van der Waals surface area (Å²) in [5.41, 5.74) is 6.90. The molecule has 3 rings (SSSR count). The van der Waals surface area contributed by atoms with Crippen molar-refractivity contribution < 1.29 is 4.79 Å². The normalized spacial score (nSPS) is 15.0. The van der Waals surface area contributed by atoms with Gasteiger partial charge in [-0.05, 0) is 6.07 Å². The molecule has 0 radical (unpaired) electrons. The second-order valence-corrected chi connectivity index (χ2v) is 4.15. The van der Waals surface area contributed by atoms with Crippen LogP contribution in [0.2, 0.25) is 0 Å². The molecule has 4 nitrogen and oxygen atoms in total. The van der Waals surface area contributed by atoms with Gasteiger partial charge < -0.3 is 10.3 Å². The number of nitrogens with two attached hydrogens (primary N) is 1. The van der Waals surface area contributed by atoms with Crippen LogP contribution in [-0.4, -0.2) is 15.3 Å². The second-order valence-electron chi connectivity index (χ2n) is 3.77. The summed E-state index contributed by atoms with van der Waals surface area (Å²) in [6, 6.07) is 1.85. The van der Waals surface area contributed by atoms with E-state index < -0.39 is 0 Å². The summed E-state index contributed by atoms with van der Waals surface area (Å²) >= 11 is 6.03. The molecule has 2 aromatic heterocycles. The fraction of sp³-hybridized carbons (Fsp3) is 0.0909. The fourth-order valence-corrected chi connectivity index (χ4v) is 2.31. The Bertz CT molecular complexity index is 669. The third-order valence-electron chi connectivity index (χ3n) is 2.81. The largest absolute Gasteiger partial charge is 0.394 e. The maximum absolute atomic E-state index is 12.0. The molecule has 0 fully saturated rings. The van der Waals surface area contributed by atoms with E-state index >= 15 is 0 Å². The molecule has 0 unspecified atom stereocenters. The Morgan fingerprint density at radius 1 is 1.50 bits per heavy atom. The number of halogens is 1. The average molecular weight is 234 g/mol. The van der Waals surface area contributed by atoms with E-state index in [0.717, 1.165) is 10.8 Å². The van der Waals surface area contributed by atoms with Crippen molar-refractivity contribution in [2.24, 2.45) is 12.8 Å². The Morgan fingerprint density at radius 2 is 2.25 bits per heavy atom. The third-order valence-corrected chi connectivity index (χ3v) is 3.19. The van der Waals surface area contributed by atoms with Crippen molar-refractivity contribution in [2.45, 2.75) is 0 Å². The van der Waals surface area contributed by atoms with Gasteiger partial charge in [-0.15, -0.1) is 0 Å². The van der Waals surface area contributed by atoms with Gasteiger partial charge in [-0.3, -0.25) is 9.78 Å². The van der Waals surface area contributed by atoms with Gasteiger partial charge in [-0.2, -0.15) is 0 Å². The van der Waals surface area contributed by atoms with E-state index in [0.29, 0.717) is 11.4 Å². The molecule has 5 heteroatoms. The first-order chi connectivity index (χ1) is 7.61. The summed E-state index contributed by atoms with van der Waals surface area (Å²) in [4.78, 5) is 16.2. The van der Waals surface area contributed by atoms with Crippen molar-refractivity contribution >= 4 is 33.2 Å². The summed E-state index contributed by atoms with van der Waals surface area (Å²) in [5.74, 6) is -0.233. The molecule has 0 aliphatic heterocycles. The van der Waals surface area contributed by atoms with Crippen LogP contribution in [0.15, 0.2) is 24.2 Å². The smallest absolute Gasteiger partial charge is 0.227 e. The first kappa shape index (κ1) is 9.42. The molecule has 80 valence electrons.